The maximum absolute atomic E-state index is 6.27. The maximum atomic E-state index is 6.27. The van der Waals surface area contributed by atoms with Crippen LogP contribution in [0, 0.1) is 6.92 Å². The lowest BCUT2D eigenvalue weighted by Crippen LogP contribution is -2.20. The summed E-state index contributed by atoms with van der Waals surface area (Å²) in [5.41, 5.74) is 2.20. The van der Waals surface area contributed by atoms with Gasteiger partial charge in [0.1, 0.15) is 0 Å². The number of nitrogens with zero attached hydrogens (tertiary/aromatic N) is 4. The molecule has 0 spiro atoms. The fraction of sp³-hybridized carbons (Fsp3) is 0.417. The Bertz CT molecular complexity index is 537. The first-order valence-electron chi connectivity index (χ1n) is 5.76. The van der Waals surface area contributed by atoms with Gasteiger partial charge in [-0.05, 0) is 36.4 Å². The molecule has 0 bridgehead atoms. The summed E-state index contributed by atoms with van der Waals surface area (Å²) in [5, 5.41) is 16.0. The Morgan fingerprint density at radius 1 is 1.44 bits per heavy atom. The van der Waals surface area contributed by atoms with E-state index in [9.17, 15) is 0 Å². The van der Waals surface area contributed by atoms with Crippen LogP contribution in [0.2, 0.25) is 5.02 Å². The fourth-order valence-corrected chi connectivity index (χ4v) is 2.24. The lowest BCUT2D eigenvalue weighted by molar-refractivity contribution is 0.570. The minimum Gasteiger partial charge on any atom is -0.313 e. The molecule has 0 saturated carbocycles. The quantitative estimate of drug-likeness (QED) is 0.914. The summed E-state index contributed by atoms with van der Waals surface area (Å²) in [7, 11) is 3.65. The van der Waals surface area contributed by atoms with Gasteiger partial charge in [0.05, 0.1) is 7.05 Å². The smallest absolute Gasteiger partial charge is 0.176 e. The van der Waals surface area contributed by atoms with Crippen LogP contribution in [0.25, 0.3) is 0 Å². The van der Waals surface area contributed by atoms with E-state index in [1.165, 1.54) is 4.80 Å². The van der Waals surface area contributed by atoms with Gasteiger partial charge in [0.25, 0.3) is 0 Å². The second-order valence-corrected chi connectivity index (χ2v) is 4.67. The molecule has 0 aliphatic carbocycles. The standard InChI is InChI=1S/C12H16ClN5/c1-8-4-5-9(10(13)6-8)11(14-2)7-12-15-17-18(3)16-12/h4-6,11,14H,7H2,1-3H3. The average Bonchev–Trinajstić information content (AvgIpc) is 2.72. The van der Waals surface area contributed by atoms with E-state index in [1.54, 1.807) is 7.05 Å². The Labute approximate surface area is 111 Å². The normalized spacial score (nSPS) is 12.7. The van der Waals surface area contributed by atoms with Crippen molar-refractivity contribution in [1.82, 2.24) is 25.5 Å². The van der Waals surface area contributed by atoms with Crippen LogP contribution in [0.4, 0.5) is 0 Å². The van der Waals surface area contributed by atoms with Crippen LogP contribution in [0.1, 0.15) is 23.0 Å². The summed E-state index contributed by atoms with van der Waals surface area (Å²) >= 11 is 6.27. The van der Waals surface area contributed by atoms with Crippen LogP contribution < -0.4 is 5.32 Å². The number of rotatable bonds is 4. The van der Waals surface area contributed by atoms with Gasteiger partial charge in [-0.25, -0.2) is 0 Å². The van der Waals surface area contributed by atoms with E-state index in [2.05, 4.69) is 26.8 Å². The van der Waals surface area contributed by atoms with E-state index >= 15 is 0 Å². The van der Waals surface area contributed by atoms with Crippen LogP contribution in [0.15, 0.2) is 18.2 Å². The second kappa shape index (κ2) is 5.46. The molecule has 1 aromatic heterocycles. The number of aryl methyl sites for hydroxylation is 2. The van der Waals surface area contributed by atoms with Crippen LogP contribution >= 0.6 is 11.6 Å². The summed E-state index contributed by atoms with van der Waals surface area (Å²) in [5.74, 6) is 0.702. The molecule has 6 heteroatoms. The molecule has 1 N–H and O–H groups in total. The minimum atomic E-state index is 0.0855. The third kappa shape index (κ3) is 2.86. The van der Waals surface area contributed by atoms with Crippen molar-refractivity contribution < 1.29 is 0 Å². The highest BCUT2D eigenvalue weighted by molar-refractivity contribution is 6.31. The highest BCUT2D eigenvalue weighted by atomic mass is 35.5. The molecule has 96 valence electrons. The number of hydrogen-bond donors (Lipinski definition) is 1. The minimum absolute atomic E-state index is 0.0855. The zero-order chi connectivity index (χ0) is 13.1. The number of benzene rings is 1. The molecule has 2 rings (SSSR count). The van der Waals surface area contributed by atoms with Gasteiger partial charge >= 0.3 is 0 Å². The third-order valence-electron chi connectivity index (χ3n) is 2.82. The summed E-state index contributed by atoms with van der Waals surface area (Å²) in [4.78, 5) is 1.46. The molecule has 18 heavy (non-hydrogen) atoms. The lowest BCUT2D eigenvalue weighted by atomic mass is 10.0. The second-order valence-electron chi connectivity index (χ2n) is 4.27. The first-order chi connectivity index (χ1) is 8.60. The topological polar surface area (TPSA) is 55.6 Å². The Kier molecular flexibility index (Phi) is 3.93. The average molecular weight is 266 g/mol. The number of halogens is 1. The molecule has 1 heterocycles. The van der Waals surface area contributed by atoms with E-state index in [1.807, 2.05) is 26.1 Å². The number of aromatic nitrogens is 4. The number of nitrogens with one attached hydrogen (secondary N) is 1. The monoisotopic (exact) mass is 265 g/mol. The van der Waals surface area contributed by atoms with Gasteiger partial charge in [-0.1, -0.05) is 23.7 Å². The molecule has 1 atom stereocenters. The zero-order valence-corrected chi connectivity index (χ0v) is 11.4. The first kappa shape index (κ1) is 13.0. The number of tetrazole rings is 1. The molecule has 2 aromatic rings. The van der Waals surface area contributed by atoms with E-state index in [-0.39, 0.29) is 6.04 Å². The number of likely N-dealkylation sites (N-methyl/N-ethyl adjacent to an activating group) is 1. The van der Waals surface area contributed by atoms with Crippen molar-refractivity contribution in [2.24, 2.45) is 7.05 Å². The van der Waals surface area contributed by atoms with Gasteiger partial charge in [0.2, 0.25) is 0 Å². The Morgan fingerprint density at radius 2 is 2.22 bits per heavy atom. The van der Waals surface area contributed by atoms with Crippen LogP contribution in [0.3, 0.4) is 0 Å². The maximum Gasteiger partial charge on any atom is 0.176 e. The van der Waals surface area contributed by atoms with Crippen molar-refractivity contribution in [3.63, 3.8) is 0 Å². The van der Waals surface area contributed by atoms with Crippen molar-refractivity contribution in [2.45, 2.75) is 19.4 Å². The summed E-state index contributed by atoms with van der Waals surface area (Å²) in [6, 6.07) is 6.14. The SMILES string of the molecule is CNC(Cc1nnn(C)n1)c1ccc(C)cc1Cl. The molecule has 0 saturated heterocycles. The molecular formula is C12H16ClN5. The lowest BCUT2D eigenvalue weighted by Gasteiger charge is -2.16. The van der Waals surface area contributed by atoms with Crippen molar-refractivity contribution in [2.75, 3.05) is 7.05 Å². The Morgan fingerprint density at radius 3 is 2.78 bits per heavy atom. The molecule has 0 fully saturated rings. The van der Waals surface area contributed by atoms with Gasteiger partial charge in [-0.2, -0.15) is 4.80 Å². The zero-order valence-electron chi connectivity index (χ0n) is 10.7. The van der Waals surface area contributed by atoms with Crippen molar-refractivity contribution in [1.29, 1.82) is 0 Å². The summed E-state index contributed by atoms with van der Waals surface area (Å²) < 4.78 is 0. The van der Waals surface area contributed by atoms with Gasteiger partial charge in [-0.3, -0.25) is 0 Å². The summed E-state index contributed by atoms with van der Waals surface area (Å²) in [6.07, 6.45) is 0.660. The molecular weight excluding hydrogens is 250 g/mol. The predicted octanol–water partition coefficient (Wildman–Crippen LogP) is 1.68. The third-order valence-corrected chi connectivity index (χ3v) is 3.14. The first-order valence-corrected chi connectivity index (χ1v) is 6.14. The Balaban J connectivity index is 2.22. The number of hydrogen-bond acceptors (Lipinski definition) is 4. The van der Waals surface area contributed by atoms with Crippen LogP contribution in [-0.4, -0.2) is 27.3 Å². The van der Waals surface area contributed by atoms with Gasteiger partial charge in [0.15, 0.2) is 5.82 Å². The summed E-state index contributed by atoms with van der Waals surface area (Å²) in [6.45, 7) is 2.02. The highest BCUT2D eigenvalue weighted by Crippen LogP contribution is 2.25. The molecule has 5 nitrogen and oxygen atoms in total. The van der Waals surface area contributed by atoms with Crippen LogP contribution in [0.5, 0.6) is 0 Å². The highest BCUT2D eigenvalue weighted by Gasteiger charge is 2.16. The molecule has 1 aromatic carbocycles. The fourth-order valence-electron chi connectivity index (χ4n) is 1.87. The molecule has 0 radical (unpaired) electrons. The van der Waals surface area contributed by atoms with Crippen LogP contribution in [-0.2, 0) is 13.5 Å². The van der Waals surface area contributed by atoms with Gasteiger partial charge < -0.3 is 5.32 Å². The molecule has 0 aliphatic heterocycles. The van der Waals surface area contributed by atoms with Gasteiger partial charge in [0, 0.05) is 17.5 Å². The van der Waals surface area contributed by atoms with E-state index < -0.39 is 0 Å². The molecule has 0 aliphatic rings. The largest absolute Gasteiger partial charge is 0.313 e. The van der Waals surface area contributed by atoms with E-state index in [4.69, 9.17) is 11.6 Å². The molecule has 0 amide bonds. The Hall–Kier alpha value is -1.46. The molecule has 1 unspecified atom stereocenters. The van der Waals surface area contributed by atoms with Crippen molar-refractivity contribution in [3.05, 3.63) is 40.2 Å². The van der Waals surface area contributed by atoms with E-state index in [0.717, 1.165) is 16.1 Å². The predicted molar refractivity (Wildman–Crippen MR) is 70.5 cm³/mol. The van der Waals surface area contributed by atoms with E-state index in [0.29, 0.717) is 12.2 Å². The van der Waals surface area contributed by atoms with Gasteiger partial charge in [-0.15, -0.1) is 10.2 Å². The van der Waals surface area contributed by atoms with Crippen molar-refractivity contribution in [3.8, 4) is 0 Å². The van der Waals surface area contributed by atoms with Crippen molar-refractivity contribution >= 4 is 11.6 Å².